The molecule has 1 unspecified atom stereocenters. The highest BCUT2D eigenvalue weighted by Gasteiger charge is 2.43. The van der Waals surface area contributed by atoms with Crippen molar-refractivity contribution >= 4 is 28.7 Å². The highest BCUT2D eigenvalue weighted by Crippen LogP contribution is 2.41. The summed E-state index contributed by atoms with van der Waals surface area (Å²) in [6.45, 7) is 3.94. The normalized spacial score (nSPS) is 19.2. The lowest BCUT2D eigenvalue weighted by molar-refractivity contribution is -0.131. The first-order valence-electron chi connectivity index (χ1n) is 11.0. The van der Waals surface area contributed by atoms with E-state index in [4.69, 9.17) is 9.84 Å². The molecule has 0 amide bonds. The molecule has 0 bridgehead atoms. The van der Waals surface area contributed by atoms with E-state index in [1.807, 2.05) is 6.07 Å². The Morgan fingerprint density at radius 3 is 2.72 bits per heavy atom. The number of carbonyl (C=O) groups excluding carboxylic acids is 1. The number of ketones is 1. The molecule has 3 heterocycles. The molecule has 0 radical (unpaired) electrons. The van der Waals surface area contributed by atoms with E-state index >= 15 is 0 Å². The maximum absolute atomic E-state index is 12.9. The fourth-order valence-corrected chi connectivity index (χ4v) is 4.90. The molecule has 2 N–H and O–H groups in total. The van der Waals surface area contributed by atoms with Crippen molar-refractivity contribution in [3.05, 3.63) is 71.4 Å². The van der Waals surface area contributed by atoms with E-state index in [1.165, 1.54) is 17.2 Å². The predicted molar refractivity (Wildman–Crippen MR) is 123 cm³/mol. The average molecular weight is 431 g/mol. The number of Topliss-reactive ketones (excluding diaryl/α,β-unsaturated/α-hetero) is 1. The molecule has 164 valence electrons. The third kappa shape index (κ3) is 3.82. The largest absolute Gasteiger partial charge is 0.486 e. The topological polar surface area (TPSA) is 82.6 Å². The van der Waals surface area contributed by atoms with Gasteiger partial charge in [-0.3, -0.25) is 9.69 Å². The minimum absolute atomic E-state index is 0.0638. The number of carbonyl (C=O) groups is 2. The monoisotopic (exact) mass is 430 g/mol. The van der Waals surface area contributed by atoms with Crippen molar-refractivity contribution < 1.29 is 19.4 Å². The lowest BCUT2D eigenvalue weighted by Crippen LogP contribution is -2.51. The third-order valence-corrected chi connectivity index (χ3v) is 6.79. The number of nitrogens with zero attached hydrogens (tertiary/aromatic N) is 1. The average Bonchev–Trinajstić information content (AvgIpc) is 3.22. The zero-order valence-corrected chi connectivity index (χ0v) is 18.0. The third-order valence-electron chi connectivity index (χ3n) is 6.79. The molecule has 1 saturated heterocycles. The molecule has 1 atom stereocenters. The molecule has 6 heteroatoms. The second-order valence-electron chi connectivity index (χ2n) is 8.84. The number of rotatable bonds is 4. The van der Waals surface area contributed by atoms with Gasteiger partial charge in [-0.1, -0.05) is 24.3 Å². The lowest BCUT2D eigenvalue weighted by Gasteiger charge is -2.45. The van der Waals surface area contributed by atoms with Crippen molar-refractivity contribution in [2.75, 3.05) is 13.1 Å². The van der Waals surface area contributed by atoms with E-state index < -0.39 is 11.6 Å². The number of piperidine rings is 1. The maximum Gasteiger partial charge on any atom is 0.328 e. The van der Waals surface area contributed by atoms with Gasteiger partial charge in [-0.05, 0) is 48.2 Å². The summed E-state index contributed by atoms with van der Waals surface area (Å²) in [6, 6.07) is 16.1. The van der Waals surface area contributed by atoms with E-state index in [0.717, 1.165) is 37.5 Å². The molecule has 2 aromatic carbocycles. The molecule has 0 saturated carbocycles. The number of ether oxygens (including phenoxy) is 1. The number of aromatic nitrogens is 1. The Morgan fingerprint density at radius 1 is 1.19 bits per heavy atom. The van der Waals surface area contributed by atoms with Crippen molar-refractivity contribution in [1.29, 1.82) is 0 Å². The van der Waals surface area contributed by atoms with Gasteiger partial charge < -0.3 is 14.8 Å². The Bertz CT molecular complexity index is 1180. The summed E-state index contributed by atoms with van der Waals surface area (Å²) < 4.78 is 6.40. The van der Waals surface area contributed by atoms with Crippen molar-refractivity contribution in [3.63, 3.8) is 0 Å². The molecule has 1 aromatic heterocycles. The van der Waals surface area contributed by atoms with Crippen LogP contribution in [-0.4, -0.2) is 45.4 Å². The van der Waals surface area contributed by atoms with Crippen LogP contribution in [0.4, 0.5) is 0 Å². The number of benzene rings is 2. The van der Waals surface area contributed by atoms with Crippen LogP contribution in [0.25, 0.3) is 17.0 Å². The number of H-pyrrole nitrogens is 1. The van der Waals surface area contributed by atoms with Crippen LogP contribution >= 0.6 is 0 Å². The SMILES string of the molecule is CC(c1cc2ccccc2[nH]1)N1CCC2(CC1)CC(=O)c1cc(/C=C/C(=O)O)ccc1O2. The van der Waals surface area contributed by atoms with Crippen molar-refractivity contribution in [3.8, 4) is 5.75 Å². The fourth-order valence-electron chi connectivity index (χ4n) is 4.90. The Kier molecular flexibility index (Phi) is 5.10. The Labute approximate surface area is 186 Å². The summed E-state index contributed by atoms with van der Waals surface area (Å²) in [6.07, 6.45) is 4.51. The maximum atomic E-state index is 12.9. The van der Waals surface area contributed by atoms with Gasteiger partial charge in [0.2, 0.25) is 0 Å². The van der Waals surface area contributed by atoms with E-state index in [2.05, 4.69) is 41.1 Å². The predicted octanol–water partition coefficient (Wildman–Crippen LogP) is 4.83. The van der Waals surface area contributed by atoms with Crippen LogP contribution in [0.1, 0.15) is 53.8 Å². The van der Waals surface area contributed by atoms with Gasteiger partial charge in [0.15, 0.2) is 5.78 Å². The number of para-hydroxylation sites is 1. The second-order valence-corrected chi connectivity index (χ2v) is 8.84. The van der Waals surface area contributed by atoms with Crippen LogP contribution < -0.4 is 4.74 Å². The molecule has 3 aromatic rings. The number of carboxylic acids is 1. The first-order valence-corrected chi connectivity index (χ1v) is 11.0. The molecule has 5 rings (SSSR count). The Balaban J connectivity index is 1.29. The summed E-state index contributed by atoms with van der Waals surface area (Å²) in [4.78, 5) is 29.7. The molecule has 2 aliphatic heterocycles. The first kappa shape index (κ1) is 20.5. The Morgan fingerprint density at radius 2 is 1.97 bits per heavy atom. The highest BCUT2D eigenvalue weighted by molar-refractivity contribution is 6.01. The van der Waals surface area contributed by atoms with Gasteiger partial charge in [-0.15, -0.1) is 0 Å². The summed E-state index contributed by atoms with van der Waals surface area (Å²) in [7, 11) is 0. The quantitative estimate of drug-likeness (QED) is 0.580. The van der Waals surface area contributed by atoms with Crippen LogP contribution in [0.2, 0.25) is 0 Å². The number of fused-ring (bicyclic) bond motifs is 2. The second kappa shape index (κ2) is 7.95. The number of likely N-dealkylation sites (tertiary alicyclic amines) is 1. The summed E-state index contributed by atoms with van der Waals surface area (Å²) >= 11 is 0. The molecule has 0 aliphatic carbocycles. The molecule has 1 spiro atoms. The number of carboxylic acid groups (broad SMARTS) is 1. The van der Waals surface area contributed by atoms with Crippen LogP contribution in [-0.2, 0) is 4.79 Å². The standard InChI is InChI=1S/C26H26N2O4/c1-17(22-15-19-4-2-3-5-21(19)27-22)28-12-10-26(11-13-28)16-23(29)20-14-18(7-9-25(30)31)6-8-24(20)32-26/h2-9,14-15,17,27H,10-13,16H2,1H3,(H,30,31)/b9-7+. The van der Waals surface area contributed by atoms with Gasteiger partial charge in [-0.25, -0.2) is 4.79 Å². The fraction of sp³-hybridized carbons (Fsp3) is 0.308. The van der Waals surface area contributed by atoms with Gasteiger partial charge in [0.05, 0.1) is 12.0 Å². The lowest BCUT2D eigenvalue weighted by atomic mass is 9.81. The zero-order chi connectivity index (χ0) is 22.3. The van der Waals surface area contributed by atoms with Crippen LogP contribution in [0.5, 0.6) is 5.75 Å². The summed E-state index contributed by atoms with van der Waals surface area (Å²) in [5.74, 6) is -0.350. The molecule has 2 aliphatic rings. The minimum Gasteiger partial charge on any atom is -0.486 e. The Hall–Kier alpha value is -3.38. The van der Waals surface area contributed by atoms with E-state index in [9.17, 15) is 9.59 Å². The van der Waals surface area contributed by atoms with E-state index in [-0.39, 0.29) is 11.8 Å². The van der Waals surface area contributed by atoms with Crippen LogP contribution in [0, 0.1) is 0 Å². The number of hydrogen-bond donors (Lipinski definition) is 2. The highest BCUT2D eigenvalue weighted by atomic mass is 16.5. The van der Waals surface area contributed by atoms with E-state index in [1.54, 1.807) is 18.2 Å². The molecule has 6 nitrogen and oxygen atoms in total. The van der Waals surface area contributed by atoms with Gasteiger partial charge in [0, 0.05) is 49.3 Å². The van der Waals surface area contributed by atoms with Crippen molar-refractivity contribution in [2.45, 2.75) is 37.8 Å². The van der Waals surface area contributed by atoms with Gasteiger partial charge >= 0.3 is 5.97 Å². The molecular formula is C26H26N2O4. The van der Waals surface area contributed by atoms with Crippen LogP contribution in [0.3, 0.4) is 0 Å². The van der Waals surface area contributed by atoms with Gasteiger partial charge in [0.25, 0.3) is 0 Å². The molecule has 1 fully saturated rings. The van der Waals surface area contributed by atoms with Gasteiger partial charge in [0.1, 0.15) is 11.4 Å². The first-order chi connectivity index (χ1) is 15.4. The molecule has 32 heavy (non-hydrogen) atoms. The number of nitrogens with one attached hydrogen (secondary N) is 1. The molecular weight excluding hydrogens is 404 g/mol. The van der Waals surface area contributed by atoms with Gasteiger partial charge in [-0.2, -0.15) is 0 Å². The zero-order valence-electron chi connectivity index (χ0n) is 18.0. The van der Waals surface area contributed by atoms with Crippen LogP contribution in [0.15, 0.2) is 54.6 Å². The smallest absolute Gasteiger partial charge is 0.328 e. The number of aromatic amines is 1. The van der Waals surface area contributed by atoms with Crippen molar-refractivity contribution in [1.82, 2.24) is 9.88 Å². The minimum atomic E-state index is -1.02. The summed E-state index contributed by atoms with van der Waals surface area (Å²) in [5.41, 5.74) is 3.12. The van der Waals surface area contributed by atoms with E-state index in [0.29, 0.717) is 23.3 Å². The number of hydrogen-bond acceptors (Lipinski definition) is 4. The number of aliphatic carboxylic acids is 1. The van der Waals surface area contributed by atoms with Crippen molar-refractivity contribution in [2.24, 2.45) is 0 Å². The summed E-state index contributed by atoms with van der Waals surface area (Å²) in [5, 5.41) is 10.0.